The third kappa shape index (κ3) is 3.48. The van der Waals surface area contributed by atoms with Gasteiger partial charge in [-0.1, -0.05) is 31.4 Å². The SMILES string of the molecule is CCOC1(C(NN)c2cc(Cl)cnc2N)CCCC(C)C1. The van der Waals surface area contributed by atoms with E-state index in [1.807, 2.05) is 13.0 Å². The van der Waals surface area contributed by atoms with Gasteiger partial charge in [-0.25, -0.2) is 10.4 Å². The van der Waals surface area contributed by atoms with Gasteiger partial charge in [-0.05, 0) is 31.7 Å². The van der Waals surface area contributed by atoms with Crippen LogP contribution >= 0.6 is 11.6 Å². The van der Waals surface area contributed by atoms with Crippen LogP contribution < -0.4 is 17.0 Å². The van der Waals surface area contributed by atoms with Crippen molar-refractivity contribution in [2.45, 2.75) is 51.2 Å². The van der Waals surface area contributed by atoms with Crippen molar-refractivity contribution in [1.82, 2.24) is 10.4 Å². The lowest BCUT2D eigenvalue weighted by atomic mass is 9.73. The predicted octanol–water partition coefficient (Wildman–Crippen LogP) is 2.81. The highest BCUT2D eigenvalue weighted by atomic mass is 35.5. The van der Waals surface area contributed by atoms with Crippen LogP contribution in [0.2, 0.25) is 5.02 Å². The van der Waals surface area contributed by atoms with Gasteiger partial charge in [-0.2, -0.15) is 0 Å². The molecule has 1 aromatic rings. The fourth-order valence-electron chi connectivity index (χ4n) is 3.53. The minimum atomic E-state index is -0.359. The Hall–Kier alpha value is -0.880. The molecule has 6 heteroatoms. The van der Waals surface area contributed by atoms with Crippen molar-refractivity contribution >= 4 is 17.4 Å². The predicted molar refractivity (Wildman–Crippen MR) is 85.7 cm³/mol. The summed E-state index contributed by atoms with van der Waals surface area (Å²) in [4.78, 5) is 4.15. The van der Waals surface area contributed by atoms with E-state index in [-0.39, 0.29) is 11.6 Å². The molecule has 0 aliphatic heterocycles. The van der Waals surface area contributed by atoms with E-state index < -0.39 is 0 Å². The lowest BCUT2D eigenvalue weighted by Gasteiger charge is -2.45. The molecule has 1 heterocycles. The van der Waals surface area contributed by atoms with Crippen molar-refractivity contribution in [3.8, 4) is 0 Å². The molecule has 0 radical (unpaired) electrons. The molecule has 1 saturated carbocycles. The fraction of sp³-hybridized carbons (Fsp3) is 0.667. The quantitative estimate of drug-likeness (QED) is 0.575. The lowest BCUT2D eigenvalue weighted by Crippen LogP contribution is -2.51. The average Bonchev–Trinajstić information content (AvgIpc) is 2.43. The number of halogens is 1. The summed E-state index contributed by atoms with van der Waals surface area (Å²) < 4.78 is 6.17. The zero-order valence-electron chi connectivity index (χ0n) is 12.7. The number of nitrogens with one attached hydrogen (secondary N) is 1. The van der Waals surface area contributed by atoms with E-state index in [4.69, 9.17) is 27.9 Å². The number of hydrogen-bond acceptors (Lipinski definition) is 5. The van der Waals surface area contributed by atoms with Gasteiger partial charge in [0.05, 0.1) is 16.7 Å². The van der Waals surface area contributed by atoms with E-state index in [0.717, 1.165) is 24.8 Å². The zero-order valence-corrected chi connectivity index (χ0v) is 13.5. The van der Waals surface area contributed by atoms with Crippen LogP contribution in [0, 0.1) is 5.92 Å². The highest BCUT2D eigenvalue weighted by molar-refractivity contribution is 6.30. The number of aromatic nitrogens is 1. The van der Waals surface area contributed by atoms with E-state index in [1.54, 1.807) is 6.20 Å². The van der Waals surface area contributed by atoms with Crippen molar-refractivity contribution in [2.75, 3.05) is 12.3 Å². The molecule has 1 aromatic heterocycles. The van der Waals surface area contributed by atoms with Gasteiger partial charge in [0.2, 0.25) is 0 Å². The van der Waals surface area contributed by atoms with Gasteiger partial charge in [0.15, 0.2) is 0 Å². The first-order valence-corrected chi connectivity index (χ1v) is 7.91. The summed E-state index contributed by atoms with van der Waals surface area (Å²) in [6.07, 6.45) is 5.78. The number of anilines is 1. The maximum atomic E-state index is 6.17. The van der Waals surface area contributed by atoms with Gasteiger partial charge in [0.1, 0.15) is 5.82 Å². The van der Waals surface area contributed by atoms with Crippen molar-refractivity contribution in [2.24, 2.45) is 11.8 Å². The number of ether oxygens (including phenoxy) is 1. The first-order chi connectivity index (χ1) is 10.0. The number of nitrogens with zero attached hydrogens (tertiary/aromatic N) is 1. The molecule has 3 atom stereocenters. The summed E-state index contributed by atoms with van der Waals surface area (Å²) in [6.45, 7) is 4.90. The maximum absolute atomic E-state index is 6.17. The molecule has 1 aliphatic rings. The van der Waals surface area contributed by atoms with Crippen molar-refractivity contribution in [3.63, 3.8) is 0 Å². The average molecular weight is 313 g/mol. The third-order valence-corrected chi connectivity index (χ3v) is 4.55. The van der Waals surface area contributed by atoms with Crippen LogP contribution in [0.5, 0.6) is 0 Å². The topological polar surface area (TPSA) is 86.2 Å². The molecule has 5 N–H and O–H groups in total. The Morgan fingerprint density at radius 1 is 1.62 bits per heavy atom. The van der Waals surface area contributed by atoms with E-state index in [9.17, 15) is 0 Å². The number of rotatable bonds is 5. The minimum Gasteiger partial charge on any atom is -0.383 e. The largest absolute Gasteiger partial charge is 0.383 e. The van der Waals surface area contributed by atoms with Crippen LogP contribution in [0.15, 0.2) is 12.3 Å². The first kappa shape index (κ1) is 16.5. The van der Waals surface area contributed by atoms with Crippen LogP contribution in [0.25, 0.3) is 0 Å². The second-order valence-corrected chi connectivity index (χ2v) is 6.36. The maximum Gasteiger partial charge on any atom is 0.128 e. The monoisotopic (exact) mass is 312 g/mol. The molecule has 0 saturated heterocycles. The second-order valence-electron chi connectivity index (χ2n) is 5.93. The fourth-order valence-corrected chi connectivity index (χ4v) is 3.70. The molecule has 0 aromatic carbocycles. The summed E-state index contributed by atoms with van der Waals surface area (Å²) in [5.41, 5.74) is 9.39. The summed E-state index contributed by atoms with van der Waals surface area (Å²) in [6, 6.07) is 1.61. The molecular weight excluding hydrogens is 288 g/mol. The number of nitrogen functional groups attached to an aromatic ring is 1. The van der Waals surface area contributed by atoms with Gasteiger partial charge in [0.25, 0.3) is 0 Å². The van der Waals surface area contributed by atoms with Crippen LogP contribution in [0.1, 0.15) is 51.1 Å². The molecular formula is C15H25ClN4O. The van der Waals surface area contributed by atoms with Crippen LogP contribution in [-0.4, -0.2) is 17.2 Å². The Labute approximate surface area is 131 Å². The molecule has 0 bridgehead atoms. The van der Waals surface area contributed by atoms with Gasteiger partial charge in [-0.3, -0.25) is 5.84 Å². The van der Waals surface area contributed by atoms with Crippen molar-refractivity contribution < 1.29 is 4.74 Å². The van der Waals surface area contributed by atoms with E-state index >= 15 is 0 Å². The number of nitrogens with two attached hydrogens (primary N) is 2. The Morgan fingerprint density at radius 2 is 2.38 bits per heavy atom. The Balaban J connectivity index is 2.42. The Bertz CT molecular complexity index is 481. The second kappa shape index (κ2) is 6.92. The molecule has 0 spiro atoms. The van der Waals surface area contributed by atoms with Crippen molar-refractivity contribution in [3.05, 3.63) is 22.8 Å². The Kier molecular flexibility index (Phi) is 5.43. The summed E-state index contributed by atoms with van der Waals surface area (Å²) in [7, 11) is 0. The van der Waals surface area contributed by atoms with Gasteiger partial charge in [0, 0.05) is 18.4 Å². The zero-order chi connectivity index (χ0) is 15.5. The van der Waals surface area contributed by atoms with E-state index in [2.05, 4.69) is 17.3 Å². The first-order valence-electron chi connectivity index (χ1n) is 7.53. The summed E-state index contributed by atoms with van der Waals surface area (Å²) in [5, 5.41) is 0.551. The number of pyridine rings is 1. The van der Waals surface area contributed by atoms with Gasteiger partial charge in [-0.15, -0.1) is 0 Å². The molecule has 0 amide bonds. The van der Waals surface area contributed by atoms with Crippen LogP contribution in [0.3, 0.4) is 0 Å². The smallest absolute Gasteiger partial charge is 0.128 e. The molecule has 2 rings (SSSR count). The highest BCUT2D eigenvalue weighted by Gasteiger charge is 2.44. The molecule has 21 heavy (non-hydrogen) atoms. The van der Waals surface area contributed by atoms with Gasteiger partial charge >= 0.3 is 0 Å². The number of hydrazine groups is 1. The molecule has 118 valence electrons. The minimum absolute atomic E-state index is 0.216. The normalized spacial score (nSPS) is 27.5. The third-order valence-electron chi connectivity index (χ3n) is 4.34. The van der Waals surface area contributed by atoms with Crippen LogP contribution in [-0.2, 0) is 4.74 Å². The summed E-state index contributed by atoms with van der Waals surface area (Å²) in [5.74, 6) is 6.90. The molecule has 1 aliphatic carbocycles. The van der Waals surface area contributed by atoms with Crippen LogP contribution in [0.4, 0.5) is 5.82 Å². The van der Waals surface area contributed by atoms with E-state index in [0.29, 0.717) is 23.4 Å². The van der Waals surface area contributed by atoms with Crippen molar-refractivity contribution in [1.29, 1.82) is 0 Å². The van der Waals surface area contributed by atoms with Gasteiger partial charge < -0.3 is 10.5 Å². The summed E-state index contributed by atoms with van der Waals surface area (Å²) >= 11 is 6.08. The molecule has 5 nitrogen and oxygen atoms in total. The molecule has 1 fully saturated rings. The Morgan fingerprint density at radius 3 is 3.00 bits per heavy atom. The highest BCUT2D eigenvalue weighted by Crippen LogP contribution is 2.44. The number of hydrogen-bond donors (Lipinski definition) is 3. The standard InChI is InChI=1S/C15H25ClN4O/c1-3-21-15(6-4-5-10(2)8-15)13(20-18)12-7-11(16)9-19-14(12)17/h7,9-10,13,20H,3-6,8,18H2,1-2H3,(H2,17,19). The van der Waals surface area contributed by atoms with E-state index in [1.165, 1.54) is 6.42 Å². The molecule has 3 unspecified atom stereocenters. The lowest BCUT2D eigenvalue weighted by molar-refractivity contribution is -0.102.